The van der Waals surface area contributed by atoms with Gasteiger partial charge in [0.05, 0.1) is 25.5 Å². The predicted octanol–water partition coefficient (Wildman–Crippen LogP) is 1.82. The number of benzene rings is 1. The van der Waals surface area contributed by atoms with Gasteiger partial charge in [0.2, 0.25) is 11.8 Å². The minimum atomic E-state index is -0.161. The first-order chi connectivity index (χ1) is 15.5. The van der Waals surface area contributed by atoms with Gasteiger partial charge in [-0.15, -0.1) is 0 Å². The summed E-state index contributed by atoms with van der Waals surface area (Å²) in [5, 5.41) is 6.43. The van der Waals surface area contributed by atoms with Crippen molar-refractivity contribution in [1.29, 1.82) is 0 Å². The van der Waals surface area contributed by atoms with E-state index in [1.165, 1.54) is 4.90 Å². The van der Waals surface area contributed by atoms with Gasteiger partial charge < -0.3 is 20.1 Å². The molecular formula is C24H32N4O4. The molecule has 0 radical (unpaired) electrons. The van der Waals surface area contributed by atoms with Crippen molar-refractivity contribution in [1.82, 2.24) is 15.5 Å². The molecule has 5 atom stereocenters. The number of imide groups is 1. The second kappa shape index (κ2) is 9.63. The van der Waals surface area contributed by atoms with Gasteiger partial charge in [-0.1, -0.05) is 24.3 Å². The van der Waals surface area contributed by atoms with Crippen LogP contribution in [0.2, 0.25) is 0 Å². The first-order valence-corrected chi connectivity index (χ1v) is 11.4. The lowest BCUT2D eigenvalue weighted by atomic mass is 9.85. The van der Waals surface area contributed by atoms with Crippen molar-refractivity contribution in [2.45, 2.75) is 26.4 Å². The van der Waals surface area contributed by atoms with Crippen LogP contribution in [0.15, 0.2) is 41.4 Å². The Balaban J connectivity index is 1.28. The van der Waals surface area contributed by atoms with Gasteiger partial charge in [0.1, 0.15) is 6.10 Å². The Bertz CT molecular complexity index is 885. The number of para-hydroxylation sites is 2. The van der Waals surface area contributed by atoms with Crippen molar-refractivity contribution < 1.29 is 19.1 Å². The summed E-state index contributed by atoms with van der Waals surface area (Å²) >= 11 is 0. The quantitative estimate of drug-likeness (QED) is 0.263. The molecule has 2 aliphatic carbocycles. The number of ether oxygens (including phenoxy) is 2. The van der Waals surface area contributed by atoms with Crippen LogP contribution >= 0.6 is 0 Å². The van der Waals surface area contributed by atoms with Crippen molar-refractivity contribution in [3.05, 3.63) is 36.4 Å². The number of methoxy groups -OCH3 is 1. The molecular weight excluding hydrogens is 408 g/mol. The zero-order valence-corrected chi connectivity index (χ0v) is 18.9. The van der Waals surface area contributed by atoms with E-state index in [4.69, 9.17) is 9.47 Å². The number of amides is 2. The standard InChI is InChI=1S/C24H32N4O4/c1-4-25-24(27-14-15(2)32-19-8-6-5-7-18(19)31-3)26-11-12-28-22(29)20-16-9-10-17(13-16)21(20)23(28)30/h5-10,15-17,20-21H,4,11-14H2,1-3H3,(H2,25,26,27). The summed E-state index contributed by atoms with van der Waals surface area (Å²) in [6.07, 6.45) is 5.02. The SMILES string of the molecule is CCNC(=NCC(C)Oc1ccccc1OC)NCCN1C(=O)C2C3C=CC(C3)C2C1=O. The highest BCUT2D eigenvalue weighted by molar-refractivity contribution is 6.06. The van der Waals surface area contributed by atoms with Crippen LogP contribution in [-0.2, 0) is 9.59 Å². The molecule has 5 unspecified atom stereocenters. The number of allylic oxidation sites excluding steroid dienone is 2. The van der Waals surface area contributed by atoms with Crippen LogP contribution in [0.4, 0.5) is 0 Å². The van der Waals surface area contributed by atoms with E-state index in [1.54, 1.807) is 7.11 Å². The molecule has 1 aromatic rings. The molecule has 4 rings (SSSR count). The molecule has 8 heteroatoms. The number of guanidine groups is 1. The monoisotopic (exact) mass is 440 g/mol. The summed E-state index contributed by atoms with van der Waals surface area (Å²) in [4.78, 5) is 31.6. The number of rotatable bonds is 9. The molecule has 2 fully saturated rings. The van der Waals surface area contributed by atoms with E-state index in [0.717, 1.165) is 6.42 Å². The molecule has 172 valence electrons. The largest absolute Gasteiger partial charge is 0.493 e. The minimum absolute atomic E-state index is 0.0144. The van der Waals surface area contributed by atoms with Crippen molar-refractivity contribution in [2.75, 3.05) is 33.3 Å². The maximum Gasteiger partial charge on any atom is 0.233 e. The lowest BCUT2D eigenvalue weighted by Crippen LogP contribution is -2.44. The van der Waals surface area contributed by atoms with Gasteiger partial charge >= 0.3 is 0 Å². The Morgan fingerprint density at radius 3 is 2.41 bits per heavy atom. The first kappa shape index (κ1) is 22.2. The third-order valence-corrected chi connectivity index (χ3v) is 6.44. The summed E-state index contributed by atoms with van der Waals surface area (Å²) in [7, 11) is 1.61. The number of fused-ring (bicyclic) bond motifs is 5. The maximum atomic E-state index is 12.8. The zero-order chi connectivity index (χ0) is 22.7. The summed E-state index contributed by atoms with van der Waals surface area (Å²) in [5.74, 6) is 2.14. The Kier molecular flexibility index (Phi) is 6.67. The molecule has 2 bridgehead atoms. The van der Waals surface area contributed by atoms with E-state index in [0.29, 0.717) is 43.6 Å². The van der Waals surface area contributed by atoms with Crippen molar-refractivity contribution in [2.24, 2.45) is 28.7 Å². The van der Waals surface area contributed by atoms with Gasteiger partial charge in [0.15, 0.2) is 17.5 Å². The smallest absolute Gasteiger partial charge is 0.233 e. The average Bonchev–Trinajstić information content (AvgIpc) is 3.47. The highest BCUT2D eigenvalue weighted by atomic mass is 16.5. The maximum absolute atomic E-state index is 12.8. The molecule has 0 aromatic heterocycles. The number of carbonyl (C=O) groups excluding carboxylic acids is 2. The minimum Gasteiger partial charge on any atom is -0.493 e. The van der Waals surface area contributed by atoms with Gasteiger partial charge in [0.25, 0.3) is 0 Å². The number of hydrogen-bond acceptors (Lipinski definition) is 5. The molecule has 2 amide bonds. The van der Waals surface area contributed by atoms with Gasteiger partial charge in [-0.3, -0.25) is 14.5 Å². The van der Waals surface area contributed by atoms with E-state index in [1.807, 2.05) is 38.1 Å². The van der Waals surface area contributed by atoms with E-state index < -0.39 is 0 Å². The predicted molar refractivity (Wildman–Crippen MR) is 122 cm³/mol. The molecule has 32 heavy (non-hydrogen) atoms. The number of likely N-dealkylation sites (tertiary alicyclic amines) is 1. The van der Waals surface area contributed by atoms with Gasteiger partial charge in [-0.05, 0) is 44.2 Å². The van der Waals surface area contributed by atoms with Crippen LogP contribution in [-0.4, -0.2) is 62.1 Å². The zero-order valence-electron chi connectivity index (χ0n) is 18.9. The normalized spacial score (nSPS) is 27.0. The fourth-order valence-corrected chi connectivity index (χ4v) is 5.00. The van der Waals surface area contributed by atoms with Gasteiger partial charge in [0, 0.05) is 19.6 Å². The van der Waals surface area contributed by atoms with Crippen LogP contribution in [0, 0.1) is 23.7 Å². The molecule has 1 heterocycles. The number of aliphatic imine (C=N–C) groups is 1. The van der Waals surface area contributed by atoms with E-state index >= 15 is 0 Å². The van der Waals surface area contributed by atoms with Crippen molar-refractivity contribution >= 4 is 17.8 Å². The van der Waals surface area contributed by atoms with Crippen LogP contribution in [0.1, 0.15) is 20.3 Å². The molecule has 8 nitrogen and oxygen atoms in total. The second-order valence-corrected chi connectivity index (χ2v) is 8.55. The van der Waals surface area contributed by atoms with Crippen LogP contribution in [0.25, 0.3) is 0 Å². The molecule has 1 saturated carbocycles. The molecule has 0 spiro atoms. The average molecular weight is 441 g/mol. The van der Waals surface area contributed by atoms with Crippen molar-refractivity contribution in [3.8, 4) is 11.5 Å². The highest BCUT2D eigenvalue weighted by Gasteiger charge is 2.58. The molecule has 1 aliphatic heterocycles. The molecule has 3 aliphatic rings. The Hall–Kier alpha value is -3.03. The fraction of sp³-hybridized carbons (Fsp3) is 0.542. The number of hydrogen-bond donors (Lipinski definition) is 2. The highest BCUT2D eigenvalue weighted by Crippen LogP contribution is 2.52. The van der Waals surface area contributed by atoms with Gasteiger partial charge in [-0.2, -0.15) is 0 Å². The number of carbonyl (C=O) groups is 2. The summed E-state index contributed by atoms with van der Waals surface area (Å²) in [5.41, 5.74) is 0. The lowest BCUT2D eigenvalue weighted by Gasteiger charge is -2.19. The number of nitrogens with one attached hydrogen (secondary N) is 2. The third kappa shape index (κ3) is 4.31. The second-order valence-electron chi connectivity index (χ2n) is 8.55. The summed E-state index contributed by atoms with van der Waals surface area (Å²) in [6, 6.07) is 7.51. The molecule has 2 N–H and O–H groups in total. The van der Waals surface area contributed by atoms with E-state index in [9.17, 15) is 9.59 Å². The van der Waals surface area contributed by atoms with Gasteiger partial charge in [-0.25, -0.2) is 4.99 Å². The van der Waals surface area contributed by atoms with Crippen LogP contribution in [0.3, 0.4) is 0 Å². The fourth-order valence-electron chi connectivity index (χ4n) is 5.00. The van der Waals surface area contributed by atoms with E-state index in [-0.39, 0.29) is 41.6 Å². The summed E-state index contributed by atoms with van der Waals surface area (Å²) < 4.78 is 11.3. The lowest BCUT2D eigenvalue weighted by molar-refractivity contribution is -0.140. The molecule has 1 aromatic carbocycles. The molecule has 1 saturated heterocycles. The first-order valence-electron chi connectivity index (χ1n) is 11.4. The van der Waals surface area contributed by atoms with Crippen molar-refractivity contribution in [3.63, 3.8) is 0 Å². The Morgan fingerprint density at radius 2 is 1.78 bits per heavy atom. The topological polar surface area (TPSA) is 92.3 Å². The number of nitrogens with zero attached hydrogens (tertiary/aromatic N) is 2. The Morgan fingerprint density at radius 1 is 1.12 bits per heavy atom. The van der Waals surface area contributed by atoms with Crippen LogP contribution in [0.5, 0.6) is 11.5 Å². The van der Waals surface area contributed by atoms with Crippen LogP contribution < -0.4 is 20.1 Å². The van der Waals surface area contributed by atoms with E-state index in [2.05, 4.69) is 27.8 Å². The Labute approximate surface area is 189 Å². The third-order valence-electron chi connectivity index (χ3n) is 6.44. The summed E-state index contributed by atoms with van der Waals surface area (Å²) in [6.45, 7) is 5.88.